The van der Waals surface area contributed by atoms with Gasteiger partial charge in [-0.15, -0.1) is 0 Å². The van der Waals surface area contributed by atoms with E-state index in [9.17, 15) is 4.79 Å². The fourth-order valence-electron chi connectivity index (χ4n) is 3.55. The molecule has 1 aromatic heterocycles. The first-order chi connectivity index (χ1) is 12.1. The van der Waals surface area contributed by atoms with E-state index in [2.05, 4.69) is 19.7 Å². The zero-order chi connectivity index (χ0) is 17.6. The molecule has 0 N–H and O–H groups in total. The molecule has 1 amide bonds. The summed E-state index contributed by atoms with van der Waals surface area (Å²) in [5, 5.41) is 1.13. The molecule has 3 rings (SSSR count). The lowest BCUT2D eigenvalue weighted by Crippen LogP contribution is -2.50. The molecule has 2 aliphatic heterocycles. The number of hydrogen-bond donors (Lipinski definition) is 0. The molecule has 3 heterocycles. The molecule has 0 aliphatic carbocycles. The molecular weight excluding hydrogens is 359 g/mol. The van der Waals surface area contributed by atoms with E-state index in [0.717, 1.165) is 57.9 Å². The maximum absolute atomic E-state index is 12.6. The number of likely N-dealkylation sites (tertiary alicyclic amines) is 1. The average Bonchev–Trinajstić information content (AvgIpc) is 2.55. The first kappa shape index (κ1) is 18.7. The number of nitrogens with zero attached hydrogens (tertiary/aromatic N) is 4. The smallest absolute Gasteiger partial charge is 0.236 e. The van der Waals surface area contributed by atoms with Gasteiger partial charge in [0.2, 0.25) is 5.91 Å². The second kappa shape index (κ2) is 9.06. The summed E-state index contributed by atoms with van der Waals surface area (Å²) in [6.07, 6.45) is 7.71. The molecule has 0 saturated carbocycles. The monoisotopic (exact) mass is 384 g/mol. The van der Waals surface area contributed by atoms with Gasteiger partial charge in [-0.3, -0.25) is 9.69 Å². The van der Waals surface area contributed by atoms with Gasteiger partial charge in [0, 0.05) is 45.5 Å². The third-order valence-corrected chi connectivity index (χ3v) is 5.51. The van der Waals surface area contributed by atoms with E-state index in [1.54, 1.807) is 12.3 Å². The Labute approximate surface area is 159 Å². The van der Waals surface area contributed by atoms with Crippen molar-refractivity contribution in [3.8, 4) is 0 Å². The van der Waals surface area contributed by atoms with Gasteiger partial charge in [0.05, 0.1) is 16.6 Å². The van der Waals surface area contributed by atoms with Gasteiger partial charge in [-0.05, 0) is 18.9 Å². The molecular formula is C18H26Cl2N4O. The van der Waals surface area contributed by atoms with Crippen LogP contribution < -0.4 is 4.90 Å². The number of anilines is 1. The summed E-state index contributed by atoms with van der Waals surface area (Å²) >= 11 is 12.2. The Hall–Kier alpha value is -1.04. The lowest BCUT2D eigenvalue weighted by atomic mass is 10.1. The number of carbonyl (C=O) groups is 1. The summed E-state index contributed by atoms with van der Waals surface area (Å²) in [7, 11) is 0. The lowest BCUT2D eigenvalue weighted by Gasteiger charge is -2.36. The Morgan fingerprint density at radius 3 is 2.24 bits per heavy atom. The first-order valence-corrected chi connectivity index (χ1v) is 9.95. The molecule has 2 aliphatic rings. The topological polar surface area (TPSA) is 39.7 Å². The van der Waals surface area contributed by atoms with Crippen LogP contribution in [-0.4, -0.2) is 66.5 Å². The normalized spacial score (nSPS) is 20.2. The minimum absolute atomic E-state index is 0.276. The van der Waals surface area contributed by atoms with Crippen molar-refractivity contribution in [2.24, 2.45) is 0 Å². The van der Waals surface area contributed by atoms with E-state index in [1.807, 2.05) is 0 Å². The number of halogens is 2. The first-order valence-electron chi connectivity index (χ1n) is 9.19. The summed E-state index contributed by atoms with van der Waals surface area (Å²) in [5.74, 6) is 1.05. The van der Waals surface area contributed by atoms with Crippen LogP contribution in [0.15, 0.2) is 12.3 Å². The van der Waals surface area contributed by atoms with Gasteiger partial charge in [-0.2, -0.15) is 0 Å². The van der Waals surface area contributed by atoms with Crippen molar-refractivity contribution in [1.82, 2.24) is 14.8 Å². The van der Waals surface area contributed by atoms with Crippen molar-refractivity contribution in [3.63, 3.8) is 0 Å². The van der Waals surface area contributed by atoms with E-state index < -0.39 is 0 Å². The molecule has 2 saturated heterocycles. The van der Waals surface area contributed by atoms with Crippen molar-refractivity contribution in [2.45, 2.75) is 32.1 Å². The number of aromatic nitrogens is 1. The second-order valence-corrected chi connectivity index (χ2v) is 7.71. The quantitative estimate of drug-likeness (QED) is 0.801. The van der Waals surface area contributed by atoms with Crippen LogP contribution in [0.3, 0.4) is 0 Å². The van der Waals surface area contributed by atoms with Crippen LogP contribution in [0.2, 0.25) is 10.0 Å². The third kappa shape index (κ3) is 5.22. The van der Waals surface area contributed by atoms with Gasteiger partial charge in [-0.25, -0.2) is 4.98 Å². The van der Waals surface area contributed by atoms with Gasteiger partial charge in [0.1, 0.15) is 5.82 Å². The summed E-state index contributed by atoms with van der Waals surface area (Å²) in [5.41, 5.74) is 0. The van der Waals surface area contributed by atoms with E-state index in [0.29, 0.717) is 16.6 Å². The van der Waals surface area contributed by atoms with Gasteiger partial charge in [0.25, 0.3) is 0 Å². The van der Waals surface area contributed by atoms with Crippen LogP contribution in [0.1, 0.15) is 32.1 Å². The van der Waals surface area contributed by atoms with Crippen LogP contribution in [0.25, 0.3) is 0 Å². The molecule has 0 radical (unpaired) electrons. The van der Waals surface area contributed by atoms with Gasteiger partial charge >= 0.3 is 0 Å². The second-order valence-electron chi connectivity index (χ2n) is 6.87. The van der Waals surface area contributed by atoms with Crippen molar-refractivity contribution in [1.29, 1.82) is 0 Å². The summed E-state index contributed by atoms with van der Waals surface area (Å²) in [6, 6.07) is 1.73. The molecule has 138 valence electrons. The summed E-state index contributed by atoms with van der Waals surface area (Å²) in [6.45, 7) is 5.70. The minimum Gasteiger partial charge on any atom is -0.353 e. The predicted octanol–water partition coefficient (Wildman–Crippen LogP) is 3.30. The van der Waals surface area contributed by atoms with Crippen LogP contribution in [0.5, 0.6) is 0 Å². The Bertz CT molecular complexity index is 582. The zero-order valence-corrected chi connectivity index (χ0v) is 16.1. The highest BCUT2D eigenvalue weighted by molar-refractivity contribution is 6.36. The number of piperazine rings is 1. The Kier molecular flexibility index (Phi) is 6.79. The Morgan fingerprint density at radius 2 is 1.60 bits per heavy atom. The lowest BCUT2D eigenvalue weighted by molar-refractivity contribution is -0.132. The van der Waals surface area contributed by atoms with Crippen molar-refractivity contribution in [2.75, 3.05) is 50.7 Å². The molecule has 5 nitrogen and oxygen atoms in total. The van der Waals surface area contributed by atoms with E-state index in [1.165, 1.54) is 19.3 Å². The number of carbonyl (C=O) groups excluding carboxylic acids is 1. The number of amides is 1. The fourth-order valence-corrected chi connectivity index (χ4v) is 4.05. The third-order valence-electron chi connectivity index (χ3n) is 5.03. The maximum Gasteiger partial charge on any atom is 0.236 e. The molecule has 0 unspecified atom stereocenters. The standard InChI is InChI=1S/C18H26Cl2N4O/c19-15-12-16(20)18(21-13-15)24-10-8-22(9-11-24)14-17(25)23-6-4-2-1-3-5-7-23/h12-13H,1-11,14H2. The van der Waals surface area contributed by atoms with Crippen LogP contribution in [0, 0.1) is 0 Å². The molecule has 0 bridgehead atoms. The van der Waals surface area contributed by atoms with Gasteiger partial charge < -0.3 is 9.80 Å². The Morgan fingerprint density at radius 1 is 0.960 bits per heavy atom. The summed E-state index contributed by atoms with van der Waals surface area (Å²) in [4.78, 5) is 23.4. The number of pyridine rings is 1. The molecule has 7 heteroatoms. The highest BCUT2D eigenvalue weighted by atomic mass is 35.5. The van der Waals surface area contributed by atoms with Crippen LogP contribution in [-0.2, 0) is 4.79 Å². The van der Waals surface area contributed by atoms with E-state index >= 15 is 0 Å². The van der Waals surface area contributed by atoms with Crippen LogP contribution >= 0.6 is 23.2 Å². The van der Waals surface area contributed by atoms with Crippen molar-refractivity contribution >= 4 is 34.9 Å². The van der Waals surface area contributed by atoms with Crippen molar-refractivity contribution < 1.29 is 4.79 Å². The fraction of sp³-hybridized carbons (Fsp3) is 0.667. The van der Waals surface area contributed by atoms with Gasteiger partial charge in [0.15, 0.2) is 0 Å². The summed E-state index contributed by atoms with van der Waals surface area (Å²) < 4.78 is 0. The highest BCUT2D eigenvalue weighted by Gasteiger charge is 2.23. The molecule has 1 aromatic rings. The highest BCUT2D eigenvalue weighted by Crippen LogP contribution is 2.26. The zero-order valence-electron chi connectivity index (χ0n) is 14.6. The molecule has 0 spiro atoms. The maximum atomic E-state index is 12.6. The largest absolute Gasteiger partial charge is 0.353 e. The molecule has 2 fully saturated rings. The average molecular weight is 385 g/mol. The SMILES string of the molecule is O=C(CN1CCN(c2ncc(Cl)cc2Cl)CC1)N1CCCCCCC1. The number of hydrogen-bond acceptors (Lipinski definition) is 4. The number of rotatable bonds is 3. The Balaban J connectivity index is 1.49. The van der Waals surface area contributed by atoms with Crippen molar-refractivity contribution in [3.05, 3.63) is 22.3 Å². The van der Waals surface area contributed by atoms with Gasteiger partial charge in [-0.1, -0.05) is 42.5 Å². The predicted molar refractivity (Wildman–Crippen MR) is 103 cm³/mol. The minimum atomic E-state index is 0.276. The molecule has 0 atom stereocenters. The molecule has 25 heavy (non-hydrogen) atoms. The van der Waals surface area contributed by atoms with Crippen LogP contribution in [0.4, 0.5) is 5.82 Å². The van der Waals surface area contributed by atoms with E-state index in [-0.39, 0.29) is 5.91 Å². The molecule has 0 aromatic carbocycles. The van der Waals surface area contributed by atoms with E-state index in [4.69, 9.17) is 23.2 Å².